The van der Waals surface area contributed by atoms with Crippen molar-refractivity contribution < 1.29 is 30.8 Å². The molecule has 1 aliphatic carbocycles. The molecule has 1 aromatic carbocycles. The Morgan fingerprint density at radius 1 is 1.03 bits per heavy atom. The Morgan fingerprint density at radius 2 is 1.78 bits per heavy atom. The number of carbonyl (C=O) groups is 1. The number of carbonyl (C=O) groups excluding carboxylic acids is 1. The van der Waals surface area contributed by atoms with Crippen LogP contribution in [0.1, 0.15) is 62.1 Å². The van der Waals surface area contributed by atoms with Crippen LogP contribution in [-0.4, -0.2) is 46.4 Å². The molecule has 0 radical (unpaired) electrons. The van der Waals surface area contributed by atoms with Crippen molar-refractivity contribution in [1.82, 2.24) is 10.2 Å². The maximum atomic E-state index is 13.9. The second kappa shape index (κ2) is 10.6. The zero-order chi connectivity index (χ0) is 23.7. The molecule has 8 heteroatoms. The molecule has 5 heterocycles. The van der Waals surface area contributed by atoms with E-state index in [0.717, 1.165) is 68.2 Å². The SMILES string of the molecule is O=C(OC1C[N+]2(Cc3nnc(-c4ccccc4)o3)CCC1CC2)C1(c2cccs2)CCCCCC1.[Cl-]. The van der Waals surface area contributed by atoms with Gasteiger partial charge in [-0.15, -0.1) is 21.5 Å². The first-order valence-electron chi connectivity index (χ1n) is 13.1. The summed E-state index contributed by atoms with van der Waals surface area (Å²) in [7, 11) is 0. The fraction of sp³-hybridized carbons (Fsp3) is 0.536. The zero-order valence-corrected chi connectivity index (χ0v) is 22.2. The van der Waals surface area contributed by atoms with Gasteiger partial charge < -0.3 is 26.0 Å². The van der Waals surface area contributed by atoms with Crippen LogP contribution in [0.3, 0.4) is 0 Å². The predicted octanol–water partition coefficient (Wildman–Crippen LogP) is 2.75. The third kappa shape index (κ3) is 4.85. The highest BCUT2D eigenvalue weighted by atomic mass is 35.5. The summed E-state index contributed by atoms with van der Waals surface area (Å²) < 4.78 is 13.4. The lowest BCUT2D eigenvalue weighted by Crippen LogP contribution is -3.00. The molecule has 7 rings (SSSR count). The van der Waals surface area contributed by atoms with Gasteiger partial charge in [-0.3, -0.25) is 4.79 Å². The van der Waals surface area contributed by atoms with E-state index >= 15 is 0 Å². The summed E-state index contributed by atoms with van der Waals surface area (Å²) in [6.07, 6.45) is 8.59. The van der Waals surface area contributed by atoms with Crippen molar-refractivity contribution in [2.45, 2.75) is 69.4 Å². The Bertz CT molecular complexity index is 1130. The molecule has 1 saturated carbocycles. The normalized spacial score (nSPS) is 27.1. The van der Waals surface area contributed by atoms with Gasteiger partial charge in [0, 0.05) is 29.2 Å². The largest absolute Gasteiger partial charge is 1.00 e. The summed E-state index contributed by atoms with van der Waals surface area (Å²) in [5, 5.41) is 10.8. The number of hydrogen-bond donors (Lipinski definition) is 0. The Labute approximate surface area is 223 Å². The minimum atomic E-state index is -0.460. The number of thiophene rings is 1. The number of fused-ring (bicyclic) bond motifs is 3. The molecule has 0 amide bonds. The average molecular weight is 528 g/mol. The first-order chi connectivity index (χ1) is 17.2. The molecule has 6 nitrogen and oxygen atoms in total. The third-order valence-corrected chi connectivity index (χ3v) is 9.67. The molecule has 4 fully saturated rings. The highest BCUT2D eigenvalue weighted by Gasteiger charge is 2.51. The van der Waals surface area contributed by atoms with Crippen molar-refractivity contribution in [2.24, 2.45) is 5.92 Å². The van der Waals surface area contributed by atoms with Gasteiger partial charge in [0.05, 0.1) is 13.1 Å². The second-order valence-corrected chi connectivity index (χ2v) is 11.7. The van der Waals surface area contributed by atoms with E-state index in [1.165, 1.54) is 17.7 Å². The summed E-state index contributed by atoms with van der Waals surface area (Å²) in [6.45, 7) is 3.71. The Morgan fingerprint density at radius 3 is 2.47 bits per heavy atom. The van der Waals surface area contributed by atoms with Crippen LogP contribution in [0.2, 0.25) is 0 Å². The van der Waals surface area contributed by atoms with Gasteiger partial charge in [-0.2, -0.15) is 0 Å². The van der Waals surface area contributed by atoms with Gasteiger partial charge in [-0.05, 0) is 36.4 Å². The standard InChI is InChI=1S/C28H34N3O3S.ClH/c32-27(28(24-11-8-18-35-24)14-6-1-2-7-15-28)33-23-19-31(16-12-21(23)13-17-31)20-25-29-30-26(34-25)22-9-4-3-5-10-22;/h3-5,8-11,18,21,23H,1-2,6-7,12-17,19-20H2;1H/q+1;/p-1. The number of ether oxygens (including phenoxy) is 1. The highest BCUT2D eigenvalue weighted by molar-refractivity contribution is 7.10. The molecule has 3 saturated heterocycles. The highest BCUT2D eigenvalue weighted by Crippen LogP contribution is 2.44. The lowest BCUT2D eigenvalue weighted by Gasteiger charge is -2.51. The first kappa shape index (κ1) is 25.4. The number of aromatic nitrogens is 2. The fourth-order valence-electron chi connectivity index (χ4n) is 6.56. The Balaban J connectivity index is 0.00000267. The van der Waals surface area contributed by atoms with E-state index in [4.69, 9.17) is 9.15 Å². The average Bonchev–Trinajstić information content (AvgIpc) is 3.53. The first-order valence-corrected chi connectivity index (χ1v) is 14.0. The van der Waals surface area contributed by atoms with E-state index in [2.05, 4.69) is 27.7 Å². The molecule has 2 aromatic heterocycles. The number of nitrogens with zero attached hydrogens (tertiary/aromatic N) is 3. The lowest BCUT2D eigenvalue weighted by molar-refractivity contribution is -0.959. The molecule has 3 aliphatic heterocycles. The van der Waals surface area contributed by atoms with Gasteiger partial charge in [0.15, 0.2) is 12.6 Å². The van der Waals surface area contributed by atoms with Gasteiger partial charge >= 0.3 is 5.97 Å². The molecular formula is C28H34ClN3O3S. The molecule has 0 spiro atoms. The van der Waals surface area contributed by atoms with E-state index in [9.17, 15) is 4.79 Å². The zero-order valence-electron chi connectivity index (χ0n) is 20.6. The van der Waals surface area contributed by atoms with Crippen LogP contribution in [-0.2, 0) is 21.5 Å². The Hall–Kier alpha value is -2.22. The molecule has 2 bridgehead atoms. The van der Waals surface area contributed by atoms with Crippen molar-refractivity contribution >= 4 is 17.3 Å². The van der Waals surface area contributed by atoms with Crippen LogP contribution >= 0.6 is 11.3 Å². The summed E-state index contributed by atoms with van der Waals surface area (Å²) in [5.74, 6) is 1.73. The molecule has 1 unspecified atom stereocenters. The van der Waals surface area contributed by atoms with Crippen LogP contribution in [0.15, 0.2) is 52.3 Å². The van der Waals surface area contributed by atoms with Crippen molar-refractivity contribution in [3.63, 3.8) is 0 Å². The number of halogens is 1. The maximum Gasteiger partial charge on any atom is 0.317 e. The van der Waals surface area contributed by atoms with E-state index in [1.807, 2.05) is 30.3 Å². The molecule has 1 atom stereocenters. The number of rotatable bonds is 6. The molecule has 4 aliphatic rings. The maximum absolute atomic E-state index is 13.9. The van der Waals surface area contributed by atoms with E-state index in [1.54, 1.807) is 11.3 Å². The molecule has 36 heavy (non-hydrogen) atoms. The fourth-order valence-corrected chi connectivity index (χ4v) is 7.54. The van der Waals surface area contributed by atoms with Crippen molar-refractivity contribution in [1.29, 1.82) is 0 Å². The van der Waals surface area contributed by atoms with Crippen LogP contribution in [0.4, 0.5) is 0 Å². The van der Waals surface area contributed by atoms with E-state index in [0.29, 0.717) is 24.2 Å². The Kier molecular flexibility index (Phi) is 7.52. The van der Waals surface area contributed by atoms with Crippen molar-refractivity contribution in [3.8, 4) is 11.5 Å². The number of esters is 1. The number of hydrogen-bond acceptors (Lipinski definition) is 6. The summed E-state index contributed by atoms with van der Waals surface area (Å²) in [5.41, 5.74) is 0.483. The molecule has 192 valence electrons. The molecule has 0 N–H and O–H groups in total. The van der Waals surface area contributed by atoms with Gasteiger partial charge in [-0.25, -0.2) is 0 Å². The van der Waals surface area contributed by atoms with Gasteiger partial charge in [-0.1, -0.05) is 49.9 Å². The smallest absolute Gasteiger partial charge is 0.317 e. The van der Waals surface area contributed by atoms with Crippen LogP contribution < -0.4 is 12.4 Å². The molecular weight excluding hydrogens is 494 g/mol. The minimum Gasteiger partial charge on any atom is -1.00 e. The quantitative estimate of drug-likeness (QED) is 0.280. The topological polar surface area (TPSA) is 65.2 Å². The minimum absolute atomic E-state index is 0. The third-order valence-electron chi connectivity index (χ3n) is 8.60. The van der Waals surface area contributed by atoms with Gasteiger partial charge in [0.25, 0.3) is 5.89 Å². The van der Waals surface area contributed by atoms with Crippen molar-refractivity contribution in [3.05, 3.63) is 58.6 Å². The number of quaternary nitrogens is 1. The summed E-state index contributed by atoms with van der Waals surface area (Å²) >= 11 is 1.71. The number of benzene rings is 1. The van der Waals surface area contributed by atoms with E-state index < -0.39 is 5.41 Å². The van der Waals surface area contributed by atoms with Gasteiger partial charge in [0.2, 0.25) is 5.89 Å². The molecule has 3 aromatic rings. The van der Waals surface area contributed by atoms with E-state index in [-0.39, 0.29) is 24.5 Å². The van der Waals surface area contributed by atoms with Crippen LogP contribution in [0.25, 0.3) is 11.5 Å². The van der Waals surface area contributed by atoms with Crippen LogP contribution in [0, 0.1) is 5.92 Å². The summed E-state index contributed by atoms with van der Waals surface area (Å²) in [6, 6.07) is 14.1. The van der Waals surface area contributed by atoms with Gasteiger partial charge in [0.1, 0.15) is 12.0 Å². The monoisotopic (exact) mass is 527 g/mol. The van der Waals surface area contributed by atoms with Crippen LogP contribution in [0.5, 0.6) is 0 Å². The second-order valence-electron chi connectivity index (χ2n) is 10.8. The lowest BCUT2D eigenvalue weighted by atomic mass is 9.78. The number of piperidine rings is 3. The van der Waals surface area contributed by atoms with Crippen molar-refractivity contribution in [2.75, 3.05) is 19.6 Å². The summed E-state index contributed by atoms with van der Waals surface area (Å²) in [4.78, 5) is 15.1. The predicted molar refractivity (Wildman–Crippen MR) is 135 cm³/mol.